The van der Waals surface area contributed by atoms with E-state index in [0.29, 0.717) is 11.8 Å². The van der Waals surface area contributed by atoms with Gasteiger partial charge in [-0.25, -0.2) is 0 Å². The summed E-state index contributed by atoms with van der Waals surface area (Å²) in [7, 11) is 0. The summed E-state index contributed by atoms with van der Waals surface area (Å²) in [6, 6.07) is 0. The highest BCUT2D eigenvalue weighted by Crippen LogP contribution is 2.63. The molecule has 22 heavy (non-hydrogen) atoms. The molecule has 0 aromatic carbocycles. The average Bonchev–Trinajstić information content (AvgIpc) is 2.46. The van der Waals surface area contributed by atoms with Crippen LogP contribution in [-0.2, 0) is 4.79 Å². The minimum absolute atomic E-state index is 0.101. The molecule has 3 rings (SSSR count). The van der Waals surface area contributed by atoms with Gasteiger partial charge in [0.1, 0.15) is 0 Å². The topological polar surface area (TPSA) is 17.1 Å². The molecular formula is C20H31ClO. The highest BCUT2D eigenvalue weighted by atomic mass is 35.5. The summed E-state index contributed by atoms with van der Waals surface area (Å²) in [5.74, 6) is 2.76. The fourth-order valence-corrected chi connectivity index (χ4v) is 6.25. The van der Waals surface area contributed by atoms with E-state index in [0.717, 1.165) is 31.1 Å². The van der Waals surface area contributed by atoms with Crippen molar-refractivity contribution >= 4 is 16.8 Å². The Balaban J connectivity index is 1.92. The van der Waals surface area contributed by atoms with E-state index >= 15 is 0 Å². The largest absolute Gasteiger partial charge is 0.281 e. The molecule has 3 aliphatic rings. The second kappa shape index (κ2) is 5.65. The van der Waals surface area contributed by atoms with Gasteiger partial charge in [-0.05, 0) is 79.2 Å². The zero-order chi connectivity index (χ0) is 16.1. The summed E-state index contributed by atoms with van der Waals surface area (Å²) >= 11 is 6.06. The summed E-state index contributed by atoms with van der Waals surface area (Å²) < 4.78 is 0. The van der Waals surface area contributed by atoms with Crippen LogP contribution >= 0.6 is 11.6 Å². The van der Waals surface area contributed by atoms with Crippen molar-refractivity contribution in [2.75, 3.05) is 0 Å². The van der Waals surface area contributed by atoms with Crippen LogP contribution in [0.5, 0.6) is 0 Å². The van der Waals surface area contributed by atoms with Crippen molar-refractivity contribution < 1.29 is 4.79 Å². The van der Waals surface area contributed by atoms with Gasteiger partial charge in [0.05, 0.1) is 0 Å². The molecule has 0 amide bonds. The van der Waals surface area contributed by atoms with Crippen LogP contribution < -0.4 is 0 Å². The molecule has 2 heteroatoms. The van der Waals surface area contributed by atoms with E-state index in [2.05, 4.69) is 33.8 Å². The standard InChI is InChI=1S/C20H31ClO/c1-13(2)14-6-8-16-15(12-14)7-9-17-19(16,3)10-5-11-20(17,4)18(21)22/h7,13-14,16-17H,5-6,8-12H2,1-4H3/t14?,16-,17?,19+,20+/m0/s1. The molecule has 0 spiro atoms. The quantitative estimate of drug-likeness (QED) is 0.452. The van der Waals surface area contributed by atoms with Crippen LogP contribution in [0.1, 0.15) is 72.6 Å². The zero-order valence-electron chi connectivity index (χ0n) is 14.6. The van der Waals surface area contributed by atoms with E-state index in [1.165, 1.54) is 25.7 Å². The molecule has 0 aromatic heterocycles. The number of hydrogen-bond donors (Lipinski definition) is 0. The van der Waals surface area contributed by atoms with E-state index in [-0.39, 0.29) is 16.1 Å². The maximum Gasteiger partial charge on any atom is 0.227 e. The second-order valence-electron chi connectivity index (χ2n) is 8.96. The molecule has 0 heterocycles. The van der Waals surface area contributed by atoms with Crippen LogP contribution in [0.2, 0.25) is 0 Å². The van der Waals surface area contributed by atoms with E-state index in [9.17, 15) is 4.79 Å². The van der Waals surface area contributed by atoms with Crippen LogP contribution in [-0.4, -0.2) is 5.24 Å². The Morgan fingerprint density at radius 3 is 2.64 bits per heavy atom. The Labute approximate surface area is 140 Å². The first kappa shape index (κ1) is 16.6. The number of rotatable bonds is 2. The van der Waals surface area contributed by atoms with Gasteiger partial charge in [0.2, 0.25) is 5.24 Å². The summed E-state index contributed by atoms with van der Waals surface area (Å²) in [6.07, 6.45) is 10.9. The summed E-state index contributed by atoms with van der Waals surface area (Å²) in [5, 5.41) is -0.101. The van der Waals surface area contributed by atoms with Crippen molar-refractivity contribution in [1.29, 1.82) is 0 Å². The number of carbonyl (C=O) groups is 1. The first-order valence-corrected chi connectivity index (χ1v) is 9.55. The molecule has 3 aliphatic carbocycles. The lowest BCUT2D eigenvalue weighted by atomic mass is 9.46. The summed E-state index contributed by atoms with van der Waals surface area (Å²) in [4.78, 5) is 12.2. The first-order valence-electron chi connectivity index (χ1n) is 9.18. The third kappa shape index (κ3) is 2.39. The average molecular weight is 323 g/mol. The van der Waals surface area contributed by atoms with Gasteiger partial charge in [0.15, 0.2) is 0 Å². The number of allylic oxidation sites excluding steroid dienone is 2. The van der Waals surface area contributed by atoms with E-state index < -0.39 is 0 Å². The van der Waals surface area contributed by atoms with Crippen molar-refractivity contribution in [2.45, 2.75) is 72.6 Å². The van der Waals surface area contributed by atoms with Gasteiger partial charge in [0.25, 0.3) is 0 Å². The second-order valence-corrected chi connectivity index (χ2v) is 9.30. The van der Waals surface area contributed by atoms with Gasteiger partial charge in [-0.2, -0.15) is 0 Å². The predicted molar refractivity (Wildman–Crippen MR) is 92.8 cm³/mol. The van der Waals surface area contributed by atoms with Crippen LogP contribution in [0.25, 0.3) is 0 Å². The maximum absolute atomic E-state index is 12.2. The predicted octanol–water partition coefficient (Wildman–Crippen LogP) is 5.97. The highest BCUT2D eigenvalue weighted by molar-refractivity contribution is 6.64. The molecule has 0 bridgehead atoms. The van der Waals surface area contributed by atoms with Crippen molar-refractivity contribution in [3.05, 3.63) is 11.6 Å². The molecule has 0 aromatic rings. The van der Waals surface area contributed by atoms with Crippen molar-refractivity contribution in [3.8, 4) is 0 Å². The molecular weight excluding hydrogens is 292 g/mol. The van der Waals surface area contributed by atoms with Crippen molar-refractivity contribution in [2.24, 2.45) is 34.5 Å². The number of fused-ring (bicyclic) bond motifs is 3. The zero-order valence-corrected chi connectivity index (χ0v) is 15.4. The lowest BCUT2D eigenvalue weighted by molar-refractivity contribution is -0.133. The lowest BCUT2D eigenvalue weighted by Gasteiger charge is -2.58. The van der Waals surface area contributed by atoms with Crippen LogP contribution in [0.15, 0.2) is 11.6 Å². The Morgan fingerprint density at radius 1 is 1.27 bits per heavy atom. The maximum atomic E-state index is 12.2. The molecule has 2 unspecified atom stereocenters. The third-order valence-electron chi connectivity index (χ3n) is 7.55. The molecule has 0 saturated heterocycles. The Bertz CT molecular complexity index is 494. The molecule has 124 valence electrons. The Kier molecular flexibility index (Phi) is 4.25. The fraction of sp³-hybridized carbons (Fsp3) is 0.850. The normalized spacial score (nSPS) is 45.0. The number of carbonyl (C=O) groups excluding carboxylic acids is 1. The number of halogens is 1. The summed E-state index contributed by atoms with van der Waals surface area (Å²) in [6.45, 7) is 9.32. The number of hydrogen-bond acceptors (Lipinski definition) is 1. The van der Waals surface area contributed by atoms with E-state index in [1.807, 2.05) is 0 Å². The van der Waals surface area contributed by atoms with Gasteiger partial charge >= 0.3 is 0 Å². The molecule has 0 radical (unpaired) electrons. The van der Waals surface area contributed by atoms with Crippen LogP contribution in [0.4, 0.5) is 0 Å². The third-order valence-corrected chi connectivity index (χ3v) is 7.98. The van der Waals surface area contributed by atoms with Gasteiger partial charge in [-0.15, -0.1) is 0 Å². The summed E-state index contributed by atoms with van der Waals surface area (Å²) in [5.41, 5.74) is 1.67. The molecule has 2 saturated carbocycles. The Hall–Kier alpha value is -0.300. The van der Waals surface area contributed by atoms with Crippen molar-refractivity contribution in [3.63, 3.8) is 0 Å². The van der Waals surface area contributed by atoms with Gasteiger partial charge in [-0.3, -0.25) is 4.79 Å². The SMILES string of the molecule is CC(C)C1CC[C@H]2C(=CCC3[C@](C)(C(=O)Cl)CCC[C@@]32C)C1. The van der Waals surface area contributed by atoms with Gasteiger partial charge in [-0.1, -0.05) is 45.8 Å². The molecule has 2 fully saturated rings. The molecule has 0 aliphatic heterocycles. The Morgan fingerprint density at radius 2 is 2.00 bits per heavy atom. The minimum Gasteiger partial charge on any atom is -0.281 e. The van der Waals surface area contributed by atoms with Crippen molar-refractivity contribution in [1.82, 2.24) is 0 Å². The van der Waals surface area contributed by atoms with E-state index in [1.54, 1.807) is 5.57 Å². The molecule has 5 atom stereocenters. The minimum atomic E-state index is -0.314. The fourth-order valence-electron chi connectivity index (χ4n) is 6.02. The van der Waals surface area contributed by atoms with Crippen LogP contribution in [0, 0.1) is 34.5 Å². The van der Waals surface area contributed by atoms with Crippen LogP contribution in [0.3, 0.4) is 0 Å². The van der Waals surface area contributed by atoms with Gasteiger partial charge < -0.3 is 0 Å². The molecule has 0 N–H and O–H groups in total. The first-order chi connectivity index (χ1) is 10.3. The van der Waals surface area contributed by atoms with Gasteiger partial charge in [0, 0.05) is 5.41 Å². The smallest absolute Gasteiger partial charge is 0.227 e. The highest BCUT2D eigenvalue weighted by Gasteiger charge is 2.57. The monoisotopic (exact) mass is 322 g/mol. The molecule has 1 nitrogen and oxygen atoms in total. The lowest BCUT2D eigenvalue weighted by Crippen LogP contribution is -2.52. The van der Waals surface area contributed by atoms with E-state index in [4.69, 9.17) is 11.6 Å².